The van der Waals surface area contributed by atoms with Crippen LogP contribution in [0.25, 0.3) is 0 Å². The molecule has 3 saturated heterocycles. The van der Waals surface area contributed by atoms with Crippen LogP contribution in [0.5, 0.6) is 11.5 Å². The fraction of sp³-hybridized carbons (Fsp3) is 0.630. The van der Waals surface area contributed by atoms with Gasteiger partial charge in [-0.15, -0.1) is 11.3 Å². The number of hydrogen-bond donors (Lipinski definition) is 1. The zero-order chi connectivity index (χ0) is 23.4. The smallest absolute Gasteiger partial charge is 0.410 e. The lowest BCUT2D eigenvalue weighted by molar-refractivity contribution is -0.129. The van der Waals surface area contributed by atoms with Crippen LogP contribution in [0.2, 0.25) is 0 Å². The molecule has 2 spiro atoms. The highest BCUT2D eigenvalue weighted by Crippen LogP contribution is 2.71. The highest BCUT2D eigenvalue weighted by Gasteiger charge is 2.74. The summed E-state index contributed by atoms with van der Waals surface area (Å²) in [6, 6.07) is 4.39. The SMILES string of the molecule is O=C(OCc1nccs1)N1CC[C@@]23CC[C@@H]1[C@@H]1Oc4c(O)ccc5c4[C@@]12CCN(CC1CC1)[C@@H]3C5. The van der Waals surface area contributed by atoms with Crippen molar-refractivity contribution in [2.75, 3.05) is 19.6 Å². The lowest BCUT2D eigenvalue weighted by Crippen LogP contribution is -2.72. The van der Waals surface area contributed by atoms with Crippen LogP contribution in [0.3, 0.4) is 0 Å². The topological polar surface area (TPSA) is 75.1 Å². The molecule has 1 N–H and O–H groups in total. The first kappa shape index (κ1) is 20.8. The van der Waals surface area contributed by atoms with Crippen LogP contribution in [-0.2, 0) is 23.2 Å². The molecule has 5 heterocycles. The fourth-order valence-electron chi connectivity index (χ4n) is 8.75. The number of phenolic OH excluding ortho intramolecular Hbond substituents is 1. The number of piperidine rings is 1. The molecule has 1 aromatic heterocycles. The second-order valence-corrected chi connectivity index (χ2v) is 12.5. The number of amides is 1. The van der Waals surface area contributed by atoms with Crippen LogP contribution in [-0.4, -0.2) is 63.8 Å². The summed E-state index contributed by atoms with van der Waals surface area (Å²) in [6.07, 6.45) is 9.15. The molecule has 5 atom stereocenters. The average Bonchev–Trinajstić information content (AvgIpc) is 3.47. The molecule has 7 nitrogen and oxygen atoms in total. The summed E-state index contributed by atoms with van der Waals surface area (Å²) in [5.74, 6) is 1.79. The third kappa shape index (κ3) is 2.65. The van der Waals surface area contributed by atoms with Gasteiger partial charge >= 0.3 is 6.09 Å². The number of aromatic nitrogens is 1. The molecular formula is C27H31N3O4S. The summed E-state index contributed by atoms with van der Waals surface area (Å²) in [5.41, 5.74) is 2.55. The predicted octanol–water partition coefficient (Wildman–Crippen LogP) is 4.08. The van der Waals surface area contributed by atoms with Crippen LogP contribution < -0.4 is 4.74 Å². The summed E-state index contributed by atoms with van der Waals surface area (Å²) in [7, 11) is 0. The molecule has 184 valence electrons. The number of likely N-dealkylation sites (tertiary alicyclic amines) is 1. The number of ether oxygens (including phenoxy) is 2. The van der Waals surface area contributed by atoms with Crippen molar-refractivity contribution < 1.29 is 19.4 Å². The van der Waals surface area contributed by atoms with Gasteiger partial charge in [0.25, 0.3) is 0 Å². The Morgan fingerprint density at radius 1 is 1.23 bits per heavy atom. The Bertz CT molecular complexity index is 1200. The molecule has 0 unspecified atom stereocenters. The van der Waals surface area contributed by atoms with E-state index in [9.17, 15) is 9.90 Å². The van der Waals surface area contributed by atoms with Crippen molar-refractivity contribution in [1.29, 1.82) is 0 Å². The molecule has 8 heteroatoms. The minimum absolute atomic E-state index is 0.0391. The molecule has 5 fully saturated rings. The number of aromatic hydroxyl groups is 1. The Morgan fingerprint density at radius 2 is 2.14 bits per heavy atom. The first-order chi connectivity index (χ1) is 17.1. The second-order valence-electron chi connectivity index (χ2n) is 11.6. The van der Waals surface area contributed by atoms with E-state index in [1.165, 1.54) is 41.9 Å². The van der Waals surface area contributed by atoms with Crippen LogP contribution in [0.1, 0.15) is 54.7 Å². The van der Waals surface area contributed by atoms with Gasteiger partial charge in [-0.2, -0.15) is 0 Å². The number of nitrogens with zero attached hydrogens (tertiary/aromatic N) is 3. The fourth-order valence-corrected chi connectivity index (χ4v) is 9.27. The van der Waals surface area contributed by atoms with Gasteiger partial charge in [0.15, 0.2) is 11.5 Å². The van der Waals surface area contributed by atoms with E-state index in [-0.39, 0.29) is 41.4 Å². The van der Waals surface area contributed by atoms with E-state index in [4.69, 9.17) is 9.47 Å². The van der Waals surface area contributed by atoms with Gasteiger partial charge in [-0.05, 0) is 69.0 Å². The minimum Gasteiger partial charge on any atom is -0.504 e. The van der Waals surface area contributed by atoms with Crippen LogP contribution in [0.4, 0.5) is 4.79 Å². The van der Waals surface area contributed by atoms with E-state index < -0.39 is 0 Å². The van der Waals surface area contributed by atoms with Gasteiger partial charge in [0.05, 0.1) is 6.04 Å². The van der Waals surface area contributed by atoms with E-state index in [1.807, 2.05) is 16.3 Å². The molecule has 2 aromatic rings. The standard InChI is InChI=1S/C27H31N3O4S/c31-19-4-3-17-13-20-26-6-5-18(30(11-7-26)25(32)33-15-21-28-9-12-35-21)24-27(26,22(17)23(19)34-24)8-10-29(20)14-16-1-2-16/h3-4,9,12,16,18,20,24,31H,1-2,5-8,10-11,13-15H2/t18-,20-,24+,26-,27+/m1/s1. The minimum atomic E-state index is -0.259. The Hall–Kier alpha value is -2.32. The largest absolute Gasteiger partial charge is 0.504 e. The van der Waals surface area contributed by atoms with Crippen molar-refractivity contribution >= 4 is 17.4 Å². The normalized spacial score (nSPS) is 36.5. The van der Waals surface area contributed by atoms with Crippen molar-refractivity contribution in [1.82, 2.24) is 14.8 Å². The molecule has 1 aromatic carbocycles. The number of carbonyl (C=O) groups excluding carboxylic acids is 1. The summed E-state index contributed by atoms with van der Waals surface area (Å²) >= 11 is 1.51. The van der Waals surface area contributed by atoms with E-state index >= 15 is 0 Å². The maximum Gasteiger partial charge on any atom is 0.410 e. The Balaban J connectivity index is 1.21. The maximum atomic E-state index is 13.4. The lowest BCUT2D eigenvalue weighted by Gasteiger charge is -2.65. The first-order valence-corrected chi connectivity index (χ1v) is 14.1. The highest BCUT2D eigenvalue weighted by molar-refractivity contribution is 7.09. The van der Waals surface area contributed by atoms with Gasteiger partial charge in [-0.1, -0.05) is 6.07 Å². The zero-order valence-electron chi connectivity index (χ0n) is 19.8. The van der Waals surface area contributed by atoms with Gasteiger partial charge in [0, 0.05) is 47.1 Å². The van der Waals surface area contributed by atoms with Crippen molar-refractivity contribution in [3.63, 3.8) is 0 Å². The molecule has 7 aliphatic rings. The molecule has 3 aliphatic carbocycles. The van der Waals surface area contributed by atoms with Crippen LogP contribution >= 0.6 is 11.3 Å². The van der Waals surface area contributed by atoms with Gasteiger partial charge in [0.1, 0.15) is 17.7 Å². The van der Waals surface area contributed by atoms with Crippen molar-refractivity contribution in [2.45, 2.75) is 75.2 Å². The van der Waals surface area contributed by atoms with E-state index in [2.05, 4.69) is 16.0 Å². The van der Waals surface area contributed by atoms with Gasteiger partial charge in [-0.3, -0.25) is 4.90 Å². The number of thiazole rings is 1. The predicted molar refractivity (Wildman–Crippen MR) is 130 cm³/mol. The molecule has 0 radical (unpaired) electrons. The van der Waals surface area contributed by atoms with E-state index in [0.29, 0.717) is 18.3 Å². The Kier molecular flexibility index (Phi) is 4.24. The van der Waals surface area contributed by atoms with Gasteiger partial charge in [0.2, 0.25) is 0 Å². The highest BCUT2D eigenvalue weighted by atomic mass is 32.1. The second kappa shape index (κ2) is 7.13. The number of phenols is 1. The monoisotopic (exact) mass is 493 g/mol. The van der Waals surface area contributed by atoms with E-state index in [0.717, 1.165) is 49.6 Å². The Labute approximate surface area is 209 Å². The van der Waals surface area contributed by atoms with Crippen molar-refractivity contribution in [2.24, 2.45) is 11.3 Å². The lowest BCUT2D eigenvalue weighted by atomic mass is 9.42. The van der Waals surface area contributed by atoms with E-state index in [1.54, 1.807) is 6.20 Å². The molecular weight excluding hydrogens is 462 g/mol. The van der Waals surface area contributed by atoms with Gasteiger partial charge in [-0.25, -0.2) is 9.78 Å². The van der Waals surface area contributed by atoms with Crippen molar-refractivity contribution in [3.8, 4) is 11.5 Å². The molecule has 2 saturated carbocycles. The first-order valence-electron chi connectivity index (χ1n) is 13.2. The average molecular weight is 494 g/mol. The Morgan fingerprint density at radius 3 is 2.97 bits per heavy atom. The van der Waals surface area contributed by atoms with Crippen molar-refractivity contribution in [3.05, 3.63) is 39.8 Å². The third-order valence-electron chi connectivity index (χ3n) is 10.2. The third-order valence-corrected chi connectivity index (χ3v) is 11.0. The summed E-state index contributed by atoms with van der Waals surface area (Å²) < 4.78 is 12.5. The van der Waals surface area contributed by atoms with Crippen LogP contribution in [0, 0.1) is 11.3 Å². The number of fused-ring (bicyclic) bond motifs is 3. The molecule has 4 aliphatic heterocycles. The number of hydrogen-bond acceptors (Lipinski definition) is 7. The summed E-state index contributed by atoms with van der Waals surface area (Å²) in [6.45, 7) is 3.21. The maximum absolute atomic E-state index is 13.4. The van der Waals surface area contributed by atoms with Gasteiger partial charge < -0.3 is 19.5 Å². The number of rotatable bonds is 4. The molecule has 1 amide bonds. The summed E-state index contributed by atoms with van der Waals surface area (Å²) in [5, 5.41) is 13.6. The molecule has 4 bridgehead atoms. The number of benzene rings is 1. The van der Waals surface area contributed by atoms with Crippen LogP contribution in [0.15, 0.2) is 23.7 Å². The molecule has 35 heavy (non-hydrogen) atoms. The zero-order valence-corrected chi connectivity index (χ0v) is 20.6. The molecule has 9 rings (SSSR count). The summed E-state index contributed by atoms with van der Waals surface area (Å²) in [4.78, 5) is 22.5. The quantitative estimate of drug-likeness (QED) is 0.692. The number of carbonyl (C=O) groups is 1.